The third kappa shape index (κ3) is 6.56. The third-order valence-corrected chi connectivity index (χ3v) is 9.24. The Bertz CT molecular complexity index is 1540. The van der Waals surface area contributed by atoms with E-state index in [-0.39, 0.29) is 25.7 Å². The number of sulfonamides is 1. The van der Waals surface area contributed by atoms with E-state index in [1.54, 1.807) is 0 Å². The van der Waals surface area contributed by atoms with Gasteiger partial charge in [0.25, 0.3) is 15.9 Å². The molecule has 0 spiro atoms. The van der Waals surface area contributed by atoms with Gasteiger partial charge >= 0.3 is 6.18 Å². The van der Waals surface area contributed by atoms with Gasteiger partial charge < -0.3 is 5.32 Å². The first-order valence-corrected chi connectivity index (χ1v) is 14.0. The van der Waals surface area contributed by atoms with Crippen LogP contribution in [-0.4, -0.2) is 14.3 Å². The number of aryl methyl sites for hydroxylation is 1. The number of carbonyl (C=O) groups is 1. The predicted octanol–water partition coefficient (Wildman–Crippen LogP) is 7.24. The maximum absolute atomic E-state index is 13.2. The van der Waals surface area contributed by atoms with Crippen molar-refractivity contribution in [2.24, 2.45) is 0 Å². The second-order valence-electron chi connectivity index (χ2n) is 8.51. The molecule has 0 aliphatic heterocycles. The Kier molecular flexibility index (Phi) is 8.15. The van der Waals surface area contributed by atoms with Crippen LogP contribution in [0.1, 0.15) is 38.0 Å². The van der Waals surface area contributed by atoms with E-state index >= 15 is 0 Å². The van der Waals surface area contributed by atoms with Gasteiger partial charge in [-0.2, -0.15) is 13.2 Å². The third-order valence-electron chi connectivity index (χ3n) is 5.67. The van der Waals surface area contributed by atoms with Crippen LogP contribution >= 0.6 is 22.9 Å². The molecule has 1 heterocycles. The summed E-state index contributed by atoms with van der Waals surface area (Å²) >= 11 is 6.69. The summed E-state index contributed by atoms with van der Waals surface area (Å²) in [6, 6.07) is 22.4. The molecule has 0 saturated heterocycles. The zero-order valence-corrected chi connectivity index (χ0v) is 22.3. The molecule has 2 N–H and O–H groups in total. The van der Waals surface area contributed by atoms with Gasteiger partial charge in [0.1, 0.15) is 4.21 Å². The minimum absolute atomic E-state index is 0.145. The van der Waals surface area contributed by atoms with Crippen LogP contribution in [0.4, 0.5) is 18.9 Å². The van der Waals surface area contributed by atoms with E-state index in [2.05, 4.69) is 10.0 Å². The van der Waals surface area contributed by atoms with Crippen LogP contribution in [0, 0.1) is 6.92 Å². The number of hydrogen-bond acceptors (Lipinski definition) is 4. The molecule has 1 unspecified atom stereocenters. The summed E-state index contributed by atoms with van der Waals surface area (Å²) in [6.45, 7) is 1.51. The van der Waals surface area contributed by atoms with Crippen LogP contribution in [0.15, 0.2) is 89.1 Å². The fourth-order valence-electron chi connectivity index (χ4n) is 3.83. The van der Waals surface area contributed by atoms with Crippen molar-refractivity contribution in [2.45, 2.75) is 29.8 Å². The quantitative estimate of drug-likeness (QED) is 0.231. The number of halogens is 4. The fourth-order valence-corrected chi connectivity index (χ4v) is 6.73. The number of nitrogens with one attached hydrogen (secondary N) is 2. The zero-order valence-electron chi connectivity index (χ0n) is 19.9. The van der Waals surface area contributed by atoms with Crippen LogP contribution < -0.4 is 10.0 Å². The summed E-state index contributed by atoms with van der Waals surface area (Å²) in [4.78, 5) is 13.4. The van der Waals surface area contributed by atoms with E-state index in [9.17, 15) is 26.4 Å². The number of alkyl halides is 3. The topological polar surface area (TPSA) is 75.3 Å². The molecular weight excluding hydrogens is 557 g/mol. The van der Waals surface area contributed by atoms with Gasteiger partial charge in [-0.05, 0) is 54.3 Å². The molecule has 0 aliphatic rings. The van der Waals surface area contributed by atoms with E-state index in [4.69, 9.17) is 11.6 Å². The zero-order chi connectivity index (χ0) is 27.5. The molecule has 0 aliphatic carbocycles. The van der Waals surface area contributed by atoms with Crippen LogP contribution in [0.5, 0.6) is 0 Å². The van der Waals surface area contributed by atoms with Gasteiger partial charge in [0.2, 0.25) is 0 Å². The van der Waals surface area contributed by atoms with E-state index in [1.165, 1.54) is 13.0 Å². The van der Waals surface area contributed by atoms with Gasteiger partial charge in [-0.1, -0.05) is 72.3 Å². The smallest absolute Gasteiger partial charge is 0.344 e. The molecule has 1 aromatic heterocycles. The predicted molar refractivity (Wildman–Crippen MR) is 143 cm³/mol. The number of hydrogen-bond donors (Lipinski definition) is 2. The van der Waals surface area contributed by atoms with E-state index in [1.807, 2.05) is 60.7 Å². The van der Waals surface area contributed by atoms with Gasteiger partial charge in [-0.25, -0.2) is 8.42 Å². The lowest BCUT2D eigenvalue weighted by Crippen LogP contribution is -2.29. The highest BCUT2D eigenvalue weighted by atomic mass is 35.5. The molecule has 198 valence electrons. The molecule has 1 amide bonds. The van der Waals surface area contributed by atoms with Crippen LogP contribution in [-0.2, 0) is 22.6 Å². The van der Waals surface area contributed by atoms with E-state index < -0.39 is 33.4 Å². The molecule has 0 fully saturated rings. The second kappa shape index (κ2) is 11.2. The minimum Gasteiger partial charge on any atom is -0.344 e. The van der Waals surface area contributed by atoms with Gasteiger partial charge in [-0.15, -0.1) is 11.3 Å². The van der Waals surface area contributed by atoms with Crippen LogP contribution in [0.2, 0.25) is 5.02 Å². The summed E-state index contributed by atoms with van der Waals surface area (Å²) < 4.78 is 67.4. The number of amides is 1. The molecule has 0 saturated carbocycles. The molecule has 4 aromatic rings. The van der Waals surface area contributed by atoms with Gasteiger partial charge in [-0.3, -0.25) is 9.52 Å². The molecule has 3 aromatic carbocycles. The van der Waals surface area contributed by atoms with Gasteiger partial charge in [0.15, 0.2) is 0 Å². The lowest BCUT2D eigenvalue weighted by molar-refractivity contribution is -0.137. The molecule has 0 bridgehead atoms. The molecule has 38 heavy (non-hydrogen) atoms. The minimum atomic E-state index is -4.68. The Morgan fingerprint density at radius 1 is 0.974 bits per heavy atom. The first-order valence-electron chi connectivity index (χ1n) is 11.3. The second-order valence-corrected chi connectivity index (χ2v) is 11.8. The largest absolute Gasteiger partial charge is 0.416 e. The maximum Gasteiger partial charge on any atom is 0.416 e. The Hall–Kier alpha value is -3.34. The van der Waals surface area contributed by atoms with Crippen molar-refractivity contribution in [1.82, 2.24) is 5.32 Å². The maximum atomic E-state index is 13.2. The van der Waals surface area contributed by atoms with Crippen LogP contribution in [0.3, 0.4) is 0 Å². The molecule has 1 atom stereocenters. The Morgan fingerprint density at radius 3 is 2.24 bits per heavy atom. The van der Waals surface area contributed by atoms with Crippen molar-refractivity contribution < 1.29 is 26.4 Å². The standard InChI is InChI=1S/C27H22ClF3N2O3S2/c1-17-14-24(25(34)32-22(19-10-6-3-7-11-19)15-18-8-4-2-5-9-18)37-26(17)38(35,36)33-23-16-20(27(29,30)31)12-13-21(23)28/h2-14,16,22,33H,15H2,1H3,(H,32,34). The van der Waals surface area contributed by atoms with Crippen molar-refractivity contribution in [3.05, 3.63) is 117 Å². The number of rotatable bonds is 8. The lowest BCUT2D eigenvalue weighted by atomic mass is 9.99. The van der Waals surface area contributed by atoms with Crippen molar-refractivity contribution in [1.29, 1.82) is 0 Å². The first-order chi connectivity index (χ1) is 17.9. The summed E-state index contributed by atoms with van der Waals surface area (Å²) in [5.41, 5.74) is 0.705. The van der Waals surface area contributed by atoms with Crippen molar-refractivity contribution in [3.8, 4) is 0 Å². The van der Waals surface area contributed by atoms with E-state index in [0.29, 0.717) is 12.5 Å². The highest BCUT2D eigenvalue weighted by Crippen LogP contribution is 2.36. The summed E-state index contributed by atoms with van der Waals surface area (Å²) in [5.74, 6) is -0.471. The Morgan fingerprint density at radius 2 is 1.61 bits per heavy atom. The number of thiophene rings is 1. The normalized spacial score (nSPS) is 12.7. The van der Waals surface area contributed by atoms with Gasteiger partial charge in [0.05, 0.1) is 27.2 Å². The highest BCUT2D eigenvalue weighted by molar-refractivity contribution is 7.94. The number of anilines is 1. The molecule has 0 radical (unpaired) electrons. The number of benzene rings is 3. The highest BCUT2D eigenvalue weighted by Gasteiger charge is 2.32. The Balaban J connectivity index is 1.58. The van der Waals surface area contributed by atoms with Crippen LogP contribution in [0.25, 0.3) is 0 Å². The average Bonchev–Trinajstić information content (AvgIpc) is 3.28. The first kappa shape index (κ1) is 27.7. The summed E-state index contributed by atoms with van der Waals surface area (Å²) in [5, 5.41) is 2.79. The SMILES string of the molecule is Cc1cc(C(=O)NC(Cc2ccccc2)c2ccccc2)sc1S(=O)(=O)Nc1cc(C(F)(F)F)ccc1Cl. The monoisotopic (exact) mass is 578 g/mol. The molecule has 5 nitrogen and oxygen atoms in total. The summed E-state index contributed by atoms with van der Waals surface area (Å²) in [7, 11) is -4.33. The van der Waals surface area contributed by atoms with E-state index in [0.717, 1.165) is 34.6 Å². The van der Waals surface area contributed by atoms with Crippen molar-refractivity contribution in [3.63, 3.8) is 0 Å². The average molecular weight is 579 g/mol. The van der Waals surface area contributed by atoms with Crippen molar-refractivity contribution in [2.75, 3.05) is 4.72 Å². The molecule has 11 heteroatoms. The fraction of sp³-hybridized carbons (Fsp3) is 0.148. The Labute approximate surface area is 227 Å². The lowest BCUT2D eigenvalue weighted by Gasteiger charge is -2.19. The van der Waals surface area contributed by atoms with Crippen molar-refractivity contribution >= 4 is 44.6 Å². The summed E-state index contributed by atoms with van der Waals surface area (Å²) in [6.07, 6.45) is -4.16. The molecular formula is C27H22ClF3N2O3S2. The van der Waals surface area contributed by atoms with Gasteiger partial charge in [0, 0.05) is 0 Å². The molecule has 4 rings (SSSR count). The number of carbonyl (C=O) groups excluding carboxylic acids is 1.